The second-order valence-corrected chi connectivity index (χ2v) is 4.61. The summed E-state index contributed by atoms with van der Waals surface area (Å²) in [6.45, 7) is 1.55. The van der Waals surface area contributed by atoms with Gasteiger partial charge in [0.1, 0.15) is 6.04 Å². The summed E-state index contributed by atoms with van der Waals surface area (Å²) in [6.07, 6.45) is 0. The monoisotopic (exact) mass is 319 g/mol. The highest BCUT2D eigenvalue weighted by Crippen LogP contribution is 2.23. The van der Waals surface area contributed by atoms with Crippen molar-refractivity contribution in [3.8, 4) is 0 Å². The van der Waals surface area contributed by atoms with Crippen molar-refractivity contribution in [1.29, 1.82) is 0 Å². The molecule has 0 fully saturated rings. The summed E-state index contributed by atoms with van der Waals surface area (Å²) >= 11 is 9.03. The molecule has 4 nitrogen and oxygen atoms in total. The second-order valence-electron chi connectivity index (χ2n) is 3.35. The van der Waals surface area contributed by atoms with Gasteiger partial charge in [-0.3, -0.25) is 4.79 Å². The molecule has 0 spiro atoms. The molecule has 6 heteroatoms. The van der Waals surface area contributed by atoms with Crippen LogP contribution >= 0.6 is 27.5 Å². The van der Waals surface area contributed by atoms with Crippen LogP contribution in [0.2, 0.25) is 5.02 Å². The minimum absolute atomic E-state index is 0.361. The summed E-state index contributed by atoms with van der Waals surface area (Å²) in [5, 5.41) is 3.03. The fraction of sp³-hybridized carbons (Fsp3) is 0.273. The van der Waals surface area contributed by atoms with Gasteiger partial charge in [-0.1, -0.05) is 11.6 Å². The van der Waals surface area contributed by atoms with Crippen molar-refractivity contribution in [2.24, 2.45) is 0 Å². The number of carbonyl (C=O) groups excluding carboxylic acids is 2. The van der Waals surface area contributed by atoms with Crippen molar-refractivity contribution in [3.05, 3.63) is 33.3 Å². The average molecular weight is 321 g/mol. The van der Waals surface area contributed by atoms with Crippen molar-refractivity contribution in [2.45, 2.75) is 13.0 Å². The van der Waals surface area contributed by atoms with Gasteiger partial charge in [-0.2, -0.15) is 0 Å². The average Bonchev–Trinajstić information content (AvgIpc) is 2.31. The number of methoxy groups -OCH3 is 1. The number of ether oxygens (including phenoxy) is 1. The zero-order valence-electron chi connectivity index (χ0n) is 9.29. The van der Waals surface area contributed by atoms with Crippen molar-refractivity contribution >= 4 is 39.4 Å². The number of amides is 1. The van der Waals surface area contributed by atoms with E-state index in [4.69, 9.17) is 11.6 Å². The third kappa shape index (κ3) is 3.71. The molecule has 1 aromatic carbocycles. The first-order valence-electron chi connectivity index (χ1n) is 4.79. The molecule has 0 saturated heterocycles. The second kappa shape index (κ2) is 6.02. The van der Waals surface area contributed by atoms with Gasteiger partial charge in [-0.25, -0.2) is 4.79 Å². The molecular formula is C11H11BrClNO3. The molecule has 0 aromatic heterocycles. The van der Waals surface area contributed by atoms with Crippen molar-refractivity contribution in [2.75, 3.05) is 7.11 Å². The van der Waals surface area contributed by atoms with Gasteiger partial charge in [0, 0.05) is 10.0 Å². The Labute approximate surface area is 112 Å². The van der Waals surface area contributed by atoms with Crippen LogP contribution in [-0.2, 0) is 9.53 Å². The largest absolute Gasteiger partial charge is 0.467 e. The zero-order valence-corrected chi connectivity index (χ0v) is 11.6. The van der Waals surface area contributed by atoms with Crippen LogP contribution in [0.1, 0.15) is 17.3 Å². The zero-order chi connectivity index (χ0) is 13.0. The minimum Gasteiger partial charge on any atom is -0.467 e. The molecule has 17 heavy (non-hydrogen) atoms. The van der Waals surface area contributed by atoms with Crippen LogP contribution in [0.25, 0.3) is 0 Å². The van der Waals surface area contributed by atoms with Crippen LogP contribution in [0, 0.1) is 0 Å². The van der Waals surface area contributed by atoms with Gasteiger partial charge in [0.2, 0.25) is 0 Å². The van der Waals surface area contributed by atoms with Crippen LogP contribution in [0.5, 0.6) is 0 Å². The molecular weight excluding hydrogens is 309 g/mol. The number of carbonyl (C=O) groups is 2. The van der Waals surface area contributed by atoms with E-state index < -0.39 is 12.0 Å². The first-order valence-corrected chi connectivity index (χ1v) is 5.96. The van der Waals surface area contributed by atoms with Crippen LogP contribution in [0.3, 0.4) is 0 Å². The number of benzene rings is 1. The standard InChI is InChI=1S/C11H11BrClNO3/c1-6(11(16)17-2)14-10(15)7-3-4-9(13)8(12)5-7/h3-6H,1-2H3,(H,14,15). The van der Waals surface area contributed by atoms with Crippen molar-refractivity contribution in [1.82, 2.24) is 5.32 Å². The van der Waals surface area contributed by atoms with Gasteiger partial charge < -0.3 is 10.1 Å². The maximum atomic E-state index is 11.8. The lowest BCUT2D eigenvalue weighted by Crippen LogP contribution is -2.39. The van der Waals surface area contributed by atoms with E-state index in [1.54, 1.807) is 25.1 Å². The summed E-state index contributed by atoms with van der Waals surface area (Å²) in [7, 11) is 1.27. The Kier molecular flexibility index (Phi) is 4.96. The molecule has 0 aliphatic heterocycles. The summed E-state index contributed by atoms with van der Waals surface area (Å²) in [5.74, 6) is -0.855. The fourth-order valence-electron chi connectivity index (χ4n) is 1.15. The van der Waals surface area contributed by atoms with Crippen LogP contribution in [0.15, 0.2) is 22.7 Å². The molecule has 1 rings (SSSR count). The van der Waals surface area contributed by atoms with Crippen LogP contribution in [-0.4, -0.2) is 25.0 Å². The lowest BCUT2D eigenvalue weighted by Gasteiger charge is -2.11. The molecule has 0 aliphatic carbocycles. The van der Waals surface area contributed by atoms with Crippen LogP contribution in [0.4, 0.5) is 0 Å². The van der Waals surface area contributed by atoms with Gasteiger partial charge >= 0.3 is 5.97 Å². The highest BCUT2D eigenvalue weighted by atomic mass is 79.9. The van der Waals surface area contributed by atoms with E-state index >= 15 is 0 Å². The fourth-order valence-corrected chi connectivity index (χ4v) is 1.65. The number of esters is 1. The van der Waals surface area contributed by atoms with E-state index in [0.717, 1.165) is 0 Å². The summed E-state index contributed by atoms with van der Waals surface area (Å²) in [4.78, 5) is 22.9. The molecule has 0 heterocycles. The Bertz CT molecular complexity index is 450. The maximum absolute atomic E-state index is 11.8. The Hall–Kier alpha value is -1.07. The molecule has 0 radical (unpaired) electrons. The number of rotatable bonds is 3. The molecule has 92 valence electrons. The van der Waals surface area contributed by atoms with Crippen molar-refractivity contribution < 1.29 is 14.3 Å². The first-order chi connectivity index (χ1) is 7.95. The highest BCUT2D eigenvalue weighted by molar-refractivity contribution is 9.10. The van der Waals surface area contributed by atoms with Crippen molar-refractivity contribution in [3.63, 3.8) is 0 Å². The third-order valence-electron chi connectivity index (χ3n) is 2.08. The number of hydrogen-bond donors (Lipinski definition) is 1. The summed E-state index contributed by atoms with van der Waals surface area (Å²) in [5.41, 5.74) is 0.414. The van der Waals surface area contributed by atoms with Gasteiger partial charge in [0.05, 0.1) is 12.1 Å². The highest BCUT2D eigenvalue weighted by Gasteiger charge is 2.17. The van der Waals surface area contributed by atoms with Gasteiger partial charge in [-0.05, 0) is 41.1 Å². The number of nitrogens with one attached hydrogen (secondary N) is 1. The lowest BCUT2D eigenvalue weighted by molar-refractivity contribution is -0.142. The molecule has 0 saturated carbocycles. The van der Waals surface area contributed by atoms with E-state index in [9.17, 15) is 9.59 Å². The van der Waals surface area contributed by atoms with E-state index in [1.165, 1.54) is 7.11 Å². The Balaban J connectivity index is 2.76. The first kappa shape index (κ1) is 14.0. The minimum atomic E-state index is -0.693. The van der Waals surface area contributed by atoms with Gasteiger partial charge in [0.15, 0.2) is 0 Å². The topological polar surface area (TPSA) is 55.4 Å². The van der Waals surface area contributed by atoms with Gasteiger partial charge in [0.25, 0.3) is 5.91 Å². The number of hydrogen-bond acceptors (Lipinski definition) is 3. The quantitative estimate of drug-likeness (QED) is 0.870. The SMILES string of the molecule is COC(=O)C(C)NC(=O)c1ccc(Cl)c(Br)c1. The van der Waals surface area contributed by atoms with Crippen LogP contribution < -0.4 is 5.32 Å². The molecule has 1 N–H and O–H groups in total. The predicted octanol–water partition coefficient (Wildman–Crippen LogP) is 2.39. The maximum Gasteiger partial charge on any atom is 0.328 e. The molecule has 1 atom stereocenters. The smallest absolute Gasteiger partial charge is 0.328 e. The summed E-state index contributed by atoms with van der Waals surface area (Å²) < 4.78 is 5.13. The lowest BCUT2D eigenvalue weighted by atomic mass is 10.2. The Morgan fingerprint density at radius 3 is 2.65 bits per heavy atom. The predicted molar refractivity (Wildman–Crippen MR) is 68.1 cm³/mol. The molecule has 1 unspecified atom stereocenters. The van der Waals surface area contributed by atoms with Gasteiger partial charge in [-0.15, -0.1) is 0 Å². The number of halogens is 2. The Morgan fingerprint density at radius 2 is 2.12 bits per heavy atom. The molecule has 0 bridgehead atoms. The third-order valence-corrected chi connectivity index (χ3v) is 3.30. The Morgan fingerprint density at radius 1 is 1.47 bits per heavy atom. The normalized spacial score (nSPS) is 11.8. The van der Waals surface area contributed by atoms with E-state index in [0.29, 0.717) is 15.1 Å². The van der Waals surface area contributed by atoms with E-state index in [-0.39, 0.29) is 5.91 Å². The molecule has 0 aliphatic rings. The molecule has 1 aromatic rings. The van der Waals surface area contributed by atoms with E-state index in [1.807, 2.05) is 0 Å². The van der Waals surface area contributed by atoms with E-state index in [2.05, 4.69) is 26.0 Å². The summed E-state index contributed by atoms with van der Waals surface area (Å²) in [6, 6.07) is 4.07. The molecule has 1 amide bonds.